The summed E-state index contributed by atoms with van der Waals surface area (Å²) in [5, 5.41) is 4.35. The molecule has 0 aliphatic heterocycles. The van der Waals surface area contributed by atoms with E-state index in [4.69, 9.17) is 22.3 Å². The maximum atomic E-state index is 13.3. The molecule has 7 nitrogen and oxygen atoms in total. The van der Waals surface area contributed by atoms with Crippen LogP contribution in [0.1, 0.15) is 48.5 Å². The van der Waals surface area contributed by atoms with Crippen molar-refractivity contribution in [3.63, 3.8) is 0 Å². The largest absolute Gasteiger partial charge is 0.366 e. The van der Waals surface area contributed by atoms with Gasteiger partial charge in [0.2, 0.25) is 11.8 Å². The Hall–Kier alpha value is -2.84. The molecule has 1 aromatic heterocycles. The predicted molar refractivity (Wildman–Crippen MR) is 127 cm³/mol. The van der Waals surface area contributed by atoms with Gasteiger partial charge in [-0.3, -0.25) is 19.0 Å². The number of anilines is 1. The number of aromatic nitrogens is 2. The number of primary amides is 1. The first-order chi connectivity index (χ1) is 15.4. The van der Waals surface area contributed by atoms with Gasteiger partial charge in [-0.2, -0.15) is 0 Å². The molecule has 3 N–H and O–H groups in total. The van der Waals surface area contributed by atoms with Crippen LogP contribution in [0.3, 0.4) is 0 Å². The molecule has 0 atom stereocenters. The molecule has 2 amide bonds. The molecule has 4 rings (SSSR count). The van der Waals surface area contributed by atoms with E-state index in [1.54, 1.807) is 47.0 Å². The van der Waals surface area contributed by atoms with Crippen LogP contribution in [0.15, 0.2) is 52.4 Å². The number of thioether (sulfide) groups is 1. The highest BCUT2D eigenvalue weighted by molar-refractivity contribution is 7.99. The molecule has 9 heteroatoms. The molecule has 3 aromatic rings. The topological polar surface area (TPSA) is 107 Å². The van der Waals surface area contributed by atoms with Crippen molar-refractivity contribution in [1.29, 1.82) is 0 Å². The average Bonchev–Trinajstić information content (AvgIpc) is 2.78. The number of benzene rings is 2. The van der Waals surface area contributed by atoms with Crippen molar-refractivity contribution in [2.45, 2.75) is 43.3 Å². The Morgan fingerprint density at radius 3 is 2.53 bits per heavy atom. The minimum atomic E-state index is -0.526. The summed E-state index contributed by atoms with van der Waals surface area (Å²) in [6.45, 7) is 0. The smallest absolute Gasteiger partial charge is 0.262 e. The molecule has 166 valence electrons. The molecule has 1 aliphatic carbocycles. The maximum Gasteiger partial charge on any atom is 0.262 e. The predicted octanol–water partition coefficient (Wildman–Crippen LogP) is 4.38. The van der Waals surface area contributed by atoms with Gasteiger partial charge in [-0.05, 0) is 55.3 Å². The number of nitrogens with zero attached hydrogens (tertiary/aromatic N) is 2. The molecule has 1 heterocycles. The molecule has 1 saturated carbocycles. The molecule has 1 fully saturated rings. The fourth-order valence-corrected chi connectivity index (χ4v) is 4.99. The van der Waals surface area contributed by atoms with Gasteiger partial charge in [-0.25, -0.2) is 4.98 Å². The van der Waals surface area contributed by atoms with Gasteiger partial charge in [0.15, 0.2) is 5.16 Å². The third kappa shape index (κ3) is 4.97. The summed E-state index contributed by atoms with van der Waals surface area (Å²) in [7, 11) is 0. The van der Waals surface area contributed by atoms with Crippen LogP contribution in [0.4, 0.5) is 5.69 Å². The Morgan fingerprint density at radius 2 is 1.84 bits per heavy atom. The van der Waals surface area contributed by atoms with Crippen LogP contribution in [0.25, 0.3) is 10.9 Å². The van der Waals surface area contributed by atoms with Crippen LogP contribution in [0.5, 0.6) is 0 Å². The van der Waals surface area contributed by atoms with E-state index in [-0.39, 0.29) is 23.3 Å². The second kappa shape index (κ2) is 9.75. The molecule has 1 aliphatic rings. The number of hydrogen-bond acceptors (Lipinski definition) is 5. The number of nitrogens with two attached hydrogens (primary N) is 1. The fourth-order valence-electron chi connectivity index (χ4n) is 3.96. The summed E-state index contributed by atoms with van der Waals surface area (Å²) < 4.78 is 1.76. The minimum Gasteiger partial charge on any atom is -0.366 e. The number of carbonyl (C=O) groups is 2. The molecule has 0 saturated heterocycles. The highest BCUT2D eigenvalue weighted by atomic mass is 35.5. The summed E-state index contributed by atoms with van der Waals surface area (Å²) in [5.41, 5.74) is 6.60. The van der Waals surface area contributed by atoms with Gasteiger partial charge in [0.05, 0.1) is 16.7 Å². The van der Waals surface area contributed by atoms with E-state index in [0.29, 0.717) is 32.3 Å². The van der Waals surface area contributed by atoms with Crippen LogP contribution in [-0.4, -0.2) is 27.1 Å². The molecular weight excluding hydrogens is 448 g/mol. The number of nitrogens with one attached hydrogen (secondary N) is 1. The zero-order valence-corrected chi connectivity index (χ0v) is 18.9. The number of halogens is 1. The summed E-state index contributed by atoms with van der Waals surface area (Å²) in [5.74, 6) is -0.679. The molecule has 0 bridgehead atoms. The van der Waals surface area contributed by atoms with E-state index in [0.717, 1.165) is 25.7 Å². The molecule has 32 heavy (non-hydrogen) atoms. The first kappa shape index (κ1) is 22.4. The molecular formula is C23H23ClN4O3S. The van der Waals surface area contributed by atoms with Gasteiger partial charge in [-0.1, -0.05) is 42.6 Å². The second-order valence-electron chi connectivity index (χ2n) is 7.80. The number of rotatable bonds is 6. The SMILES string of the molecule is NC(=O)c1ccc(NC(=O)CSc2nc3cc(Cl)ccc3c(=O)n2C2CCCCC2)cc1. The van der Waals surface area contributed by atoms with Crippen molar-refractivity contribution in [2.75, 3.05) is 11.1 Å². The normalized spacial score (nSPS) is 14.4. The van der Waals surface area contributed by atoms with E-state index in [1.165, 1.54) is 18.2 Å². The van der Waals surface area contributed by atoms with E-state index in [2.05, 4.69) is 5.32 Å². The molecule has 2 aromatic carbocycles. The lowest BCUT2D eigenvalue weighted by Crippen LogP contribution is -2.29. The summed E-state index contributed by atoms with van der Waals surface area (Å²) in [6.07, 6.45) is 5.16. The monoisotopic (exact) mass is 470 g/mol. The van der Waals surface area contributed by atoms with E-state index >= 15 is 0 Å². The Labute approximate surface area is 194 Å². The number of fused-ring (bicyclic) bond motifs is 1. The van der Waals surface area contributed by atoms with Crippen molar-refractivity contribution < 1.29 is 9.59 Å². The maximum absolute atomic E-state index is 13.3. The number of amides is 2. The van der Waals surface area contributed by atoms with Gasteiger partial charge in [-0.15, -0.1) is 0 Å². The zero-order valence-electron chi connectivity index (χ0n) is 17.3. The number of carbonyl (C=O) groups excluding carboxylic acids is 2. The van der Waals surface area contributed by atoms with Crippen LogP contribution in [0, 0.1) is 0 Å². The lowest BCUT2D eigenvalue weighted by molar-refractivity contribution is -0.113. The van der Waals surface area contributed by atoms with Crippen molar-refractivity contribution in [3.8, 4) is 0 Å². The third-order valence-electron chi connectivity index (χ3n) is 5.56. The van der Waals surface area contributed by atoms with E-state index < -0.39 is 5.91 Å². The molecule has 0 unspecified atom stereocenters. The van der Waals surface area contributed by atoms with Crippen LogP contribution < -0.4 is 16.6 Å². The lowest BCUT2D eigenvalue weighted by atomic mass is 9.95. The van der Waals surface area contributed by atoms with Gasteiger partial charge >= 0.3 is 0 Å². The van der Waals surface area contributed by atoms with Gasteiger partial charge in [0.25, 0.3) is 5.56 Å². The highest BCUT2D eigenvalue weighted by Crippen LogP contribution is 2.31. The quantitative estimate of drug-likeness (QED) is 0.410. The minimum absolute atomic E-state index is 0.0794. The Kier molecular flexibility index (Phi) is 6.81. The van der Waals surface area contributed by atoms with E-state index in [1.807, 2.05) is 0 Å². The van der Waals surface area contributed by atoms with E-state index in [9.17, 15) is 14.4 Å². The number of hydrogen-bond donors (Lipinski definition) is 2. The fraction of sp³-hybridized carbons (Fsp3) is 0.304. The standard InChI is InChI=1S/C23H23ClN4O3S/c24-15-8-11-18-19(12-15)27-23(28(22(18)31)17-4-2-1-3-5-17)32-13-20(29)26-16-9-6-14(7-10-16)21(25)30/h6-12,17H,1-5,13H2,(H2,25,30)(H,26,29). The third-order valence-corrected chi connectivity index (χ3v) is 6.74. The average molecular weight is 471 g/mol. The van der Waals surface area contributed by atoms with Crippen LogP contribution in [0.2, 0.25) is 5.02 Å². The summed E-state index contributed by atoms with van der Waals surface area (Å²) in [6, 6.07) is 11.5. The van der Waals surface area contributed by atoms with Crippen molar-refractivity contribution >= 4 is 51.8 Å². The molecule has 0 spiro atoms. The first-order valence-electron chi connectivity index (χ1n) is 10.5. The Morgan fingerprint density at radius 1 is 1.12 bits per heavy atom. The summed E-state index contributed by atoms with van der Waals surface area (Å²) >= 11 is 7.35. The molecule has 0 radical (unpaired) electrons. The lowest BCUT2D eigenvalue weighted by Gasteiger charge is -2.26. The van der Waals surface area contributed by atoms with Crippen molar-refractivity contribution in [2.24, 2.45) is 5.73 Å². The summed E-state index contributed by atoms with van der Waals surface area (Å²) in [4.78, 5) is 41.7. The Bertz CT molecular complexity index is 1220. The zero-order chi connectivity index (χ0) is 22.7. The van der Waals surface area contributed by atoms with Gasteiger partial charge in [0.1, 0.15) is 0 Å². The van der Waals surface area contributed by atoms with Crippen LogP contribution >= 0.6 is 23.4 Å². The highest BCUT2D eigenvalue weighted by Gasteiger charge is 2.22. The van der Waals surface area contributed by atoms with Crippen molar-refractivity contribution in [1.82, 2.24) is 9.55 Å². The van der Waals surface area contributed by atoms with Gasteiger partial charge in [0, 0.05) is 22.3 Å². The second-order valence-corrected chi connectivity index (χ2v) is 9.18. The van der Waals surface area contributed by atoms with Crippen LogP contribution in [-0.2, 0) is 4.79 Å². The Balaban J connectivity index is 1.57. The van der Waals surface area contributed by atoms with Gasteiger partial charge < -0.3 is 11.1 Å². The first-order valence-corrected chi connectivity index (χ1v) is 11.8. The van der Waals surface area contributed by atoms with Crippen molar-refractivity contribution in [3.05, 3.63) is 63.4 Å².